The molecule has 0 saturated carbocycles. The molecule has 1 N–H and O–H groups in total. The van der Waals surface area contributed by atoms with Gasteiger partial charge in [-0.1, -0.05) is 88.9 Å². The van der Waals surface area contributed by atoms with Gasteiger partial charge in [0.2, 0.25) is 0 Å². The summed E-state index contributed by atoms with van der Waals surface area (Å²) >= 11 is 30.3. The zero-order valence-electron chi connectivity index (χ0n) is 27.0. The van der Waals surface area contributed by atoms with Gasteiger partial charge in [-0.05, 0) is 81.7 Å². The number of aromatic carboxylic acids is 1. The average molecular weight is 887 g/mol. The highest BCUT2D eigenvalue weighted by molar-refractivity contribution is 9.10. The lowest BCUT2D eigenvalue weighted by atomic mass is 9.97. The number of carboxylic acid groups (broad SMARTS) is 1. The van der Waals surface area contributed by atoms with Crippen molar-refractivity contribution in [1.29, 1.82) is 0 Å². The topological polar surface area (TPSA) is 89.4 Å². The number of methoxy groups -OCH3 is 1. The van der Waals surface area contributed by atoms with Crippen LogP contribution in [0.15, 0.2) is 112 Å². The largest absolute Gasteiger partial charge is 0.478 e. The van der Waals surface area contributed by atoms with Crippen LogP contribution in [-0.2, 0) is 4.74 Å². The zero-order chi connectivity index (χ0) is 37.8. The Morgan fingerprint density at radius 1 is 0.642 bits per heavy atom. The number of rotatable bonds is 7. The third-order valence-corrected chi connectivity index (χ3v) is 11.7. The molecule has 266 valence electrons. The number of carbonyl (C=O) groups excluding carboxylic acids is 1. The molecule has 0 radical (unpaired) electrons. The quantitative estimate of drug-likeness (QED) is 0.160. The van der Waals surface area contributed by atoms with Gasteiger partial charge in [0, 0.05) is 37.5 Å². The van der Waals surface area contributed by atoms with Crippen LogP contribution in [0, 0.1) is 5.82 Å². The van der Waals surface area contributed by atoms with Gasteiger partial charge in [0.1, 0.15) is 15.8 Å². The molecule has 6 nitrogen and oxygen atoms in total. The van der Waals surface area contributed by atoms with Gasteiger partial charge < -0.3 is 9.84 Å². The molecule has 0 fully saturated rings. The Morgan fingerprint density at radius 2 is 1.11 bits per heavy atom. The normalized spacial score (nSPS) is 10.8. The average Bonchev–Trinajstić information content (AvgIpc) is 3.86. The summed E-state index contributed by atoms with van der Waals surface area (Å²) in [5.41, 5.74) is 6.49. The molecule has 0 amide bonds. The first-order valence-electron chi connectivity index (χ1n) is 15.3. The molecule has 0 bridgehead atoms. The van der Waals surface area contributed by atoms with E-state index in [4.69, 9.17) is 51.1 Å². The van der Waals surface area contributed by atoms with E-state index in [0.29, 0.717) is 51.8 Å². The van der Waals surface area contributed by atoms with Gasteiger partial charge in [-0.25, -0.2) is 23.9 Å². The van der Waals surface area contributed by atoms with Crippen molar-refractivity contribution in [2.75, 3.05) is 7.11 Å². The first-order valence-corrected chi connectivity index (χ1v) is 19.3. The Labute approximate surface area is 339 Å². The number of halogens is 6. The number of carboxylic acids is 1. The molecule has 53 heavy (non-hydrogen) atoms. The van der Waals surface area contributed by atoms with Crippen molar-refractivity contribution < 1.29 is 23.8 Å². The summed E-state index contributed by atoms with van der Waals surface area (Å²) in [5, 5.41) is 16.9. The number of hydrogen-bond acceptors (Lipinski definition) is 7. The molecule has 5 aromatic carbocycles. The minimum absolute atomic E-state index is 0.125. The lowest BCUT2D eigenvalue weighted by Gasteiger charge is -2.08. The highest BCUT2D eigenvalue weighted by Gasteiger charge is 2.17. The molecule has 0 aliphatic carbocycles. The predicted molar refractivity (Wildman–Crippen MR) is 217 cm³/mol. The number of carbonyl (C=O) groups is 2. The molecule has 0 aliphatic heterocycles. The van der Waals surface area contributed by atoms with E-state index in [1.54, 1.807) is 54.6 Å². The van der Waals surface area contributed by atoms with Crippen LogP contribution in [0.1, 0.15) is 20.7 Å². The molecule has 0 aliphatic rings. The van der Waals surface area contributed by atoms with Gasteiger partial charge in [-0.2, -0.15) is 0 Å². The van der Waals surface area contributed by atoms with Crippen LogP contribution in [0.4, 0.5) is 4.39 Å². The van der Waals surface area contributed by atoms with Crippen molar-refractivity contribution in [2.24, 2.45) is 0 Å². The van der Waals surface area contributed by atoms with E-state index in [1.807, 2.05) is 41.1 Å². The number of thiazole rings is 2. The number of hydrogen-bond donors (Lipinski definition) is 1. The first kappa shape index (κ1) is 38.6. The predicted octanol–water partition coefficient (Wildman–Crippen LogP) is 13.6. The number of aromatic nitrogens is 2. The fourth-order valence-electron chi connectivity index (χ4n) is 5.05. The lowest BCUT2D eigenvalue weighted by Crippen LogP contribution is -2.02. The van der Waals surface area contributed by atoms with Crippen LogP contribution in [-0.4, -0.2) is 34.1 Å². The third-order valence-electron chi connectivity index (χ3n) is 7.71. The monoisotopic (exact) mass is 884 g/mol. The van der Waals surface area contributed by atoms with Crippen molar-refractivity contribution in [3.8, 4) is 54.8 Å². The van der Waals surface area contributed by atoms with Crippen molar-refractivity contribution in [3.05, 3.63) is 149 Å². The number of benzene rings is 5. The Balaban J connectivity index is 0.000000185. The summed E-state index contributed by atoms with van der Waals surface area (Å²) in [6, 6.07) is 27.0. The van der Waals surface area contributed by atoms with Gasteiger partial charge in [0.05, 0.1) is 49.7 Å². The fraction of sp³-hybridized carbons (Fsp3) is 0.0256. The molecule has 0 saturated heterocycles. The molecule has 2 aromatic heterocycles. The maximum absolute atomic E-state index is 13.2. The molecule has 0 atom stereocenters. The number of nitrogens with zero attached hydrogens (tertiary/aromatic N) is 2. The summed E-state index contributed by atoms with van der Waals surface area (Å²) < 4.78 is 18.7. The van der Waals surface area contributed by atoms with E-state index in [2.05, 4.69) is 25.9 Å². The van der Waals surface area contributed by atoms with E-state index < -0.39 is 11.9 Å². The Kier molecular flexibility index (Phi) is 12.3. The minimum atomic E-state index is -1.06. The molecular formula is C39H22BrCl4FN2O4S2. The summed E-state index contributed by atoms with van der Waals surface area (Å²) in [6.07, 6.45) is 0. The van der Waals surface area contributed by atoms with Crippen LogP contribution in [0.25, 0.3) is 54.8 Å². The van der Waals surface area contributed by atoms with Crippen molar-refractivity contribution >= 4 is 96.9 Å². The lowest BCUT2D eigenvalue weighted by molar-refractivity contribution is 0.0598. The van der Waals surface area contributed by atoms with Crippen LogP contribution in [0.2, 0.25) is 20.1 Å². The van der Waals surface area contributed by atoms with Gasteiger partial charge in [0.15, 0.2) is 0 Å². The van der Waals surface area contributed by atoms with Crippen LogP contribution in [0.3, 0.4) is 0 Å². The van der Waals surface area contributed by atoms with E-state index in [9.17, 15) is 19.1 Å². The summed E-state index contributed by atoms with van der Waals surface area (Å²) in [6.45, 7) is 0. The molecule has 7 rings (SSSR count). The third kappa shape index (κ3) is 8.99. The smallest absolute Gasteiger partial charge is 0.339 e. The van der Waals surface area contributed by atoms with Gasteiger partial charge in [-0.15, -0.1) is 22.7 Å². The second-order valence-corrected chi connectivity index (χ2v) is 15.3. The summed E-state index contributed by atoms with van der Waals surface area (Å²) in [5.74, 6) is -1.84. The van der Waals surface area contributed by atoms with Crippen LogP contribution >= 0.6 is 85.0 Å². The van der Waals surface area contributed by atoms with E-state index in [0.717, 1.165) is 33.1 Å². The standard InChI is InChI=1S/C22H12Cl2FNO2S.C17H10BrCl2NO2S/c23-18-8-4-13(10-19(18)24)20-11-29-21(26-20)14-3-7-16(17(9-14)22(27)28)12-1-5-15(25)6-2-12;1-23-17(22)11-6-10(2-4-12(11)18)16-21-15(8-24-16)9-3-5-13(19)14(20)7-9/h1-11H,(H,27,28);2-8H,1H3. The van der Waals surface area contributed by atoms with Crippen LogP contribution in [0.5, 0.6) is 0 Å². The Hall–Kier alpha value is -4.13. The molecule has 7 aromatic rings. The molecular weight excluding hydrogens is 865 g/mol. The van der Waals surface area contributed by atoms with E-state index in [1.165, 1.54) is 41.9 Å². The maximum atomic E-state index is 13.2. The Bertz CT molecular complexity index is 2490. The minimum Gasteiger partial charge on any atom is -0.478 e. The number of esters is 1. The maximum Gasteiger partial charge on any atom is 0.339 e. The highest BCUT2D eigenvalue weighted by atomic mass is 79.9. The van der Waals surface area contributed by atoms with Crippen molar-refractivity contribution in [1.82, 2.24) is 9.97 Å². The first-order chi connectivity index (χ1) is 25.4. The summed E-state index contributed by atoms with van der Waals surface area (Å²) in [7, 11) is 1.35. The SMILES string of the molecule is COC(=O)c1cc(-c2nc(-c3ccc(Cl)c(Cl)c3)cs2)ccc1Br.O=C(O)c1cc(-c2nc(-c3ccc(Cl)c(Cl)c3)cs2)ccc1-c1ccc(F)cc1. The molecule has 0 unspecified atom stereocenters. The molecule has 2 heterocycles. The molecule has 0 spiro atoms. The fourth-order valence-corrected chi connectivity index (χ4v) is 7.71. The van der Waals surface area contributed by atoms with E-state index in [-0.39, 0.29) is 11.4 Å². The van der Waals surface area contributed by atoms with Crippen LogP contribution < -0.4 is 0 Å². The van der Waals surface area contributed by atoms with Gasteiger partial charge in [0.25, 0.3) is 0 Å². The summed E-state index contributed by atoms with van der Waals surface area (Å²) in [4.78, 5) is 32.9. The molecule has 14 heteroatoms. The zero-order valence-corrected chi connectivity index (χ0v) is 33.3. The number of ether oxygens (including phenoxy) is 1. The highest BCUT2D eigenvalue weighted by Crippen LogP contribution is 2.36. The Morgan fingerprint density at radius 3 is 1.60 bits per heavy atom. The van der Waals surface area contributed by atoms with Crippen molar-refractivity contribution in [3.63, 3.8) is 0 Å². The van der Waals surface area contributed by atoms with E-state index >= 15 is 0 Å². The second kappa shape index (κ2) is 16.9. The van der Waals surface area contributed by atoms with Crippen molar-refractivity contribution in [2.45, 2.75) is 0 Å². The van der Waals surface area contributed by atoms with Gasteiger partial charge in [-0.3, -0.25) is 0 Å². The van der Waals surface area contributed by atoms with Gasteiger partial charge >= 0.3 is 11.9 Å². The second-order valence-electron chi connectivity index (χ2n) is 11.1.